The van der Waals surface area contributed by atoms with Crippen molar-refractivity contribution in [2.75, 3.05) is 20.3 Å². The molecule has 0 amide bonds. The summed E-state index contributed by atoms with van der Waals surface area (Å²) in [6.07, 6.45) is 1.60. The minimum Gasteiger partial charge on any atom is -0.497 e. The smallest absolute Gasteiger partial charge is 0.137 e. The SMILES string of the molecule is COc1ccc(CN2CC(CO)C(c3ccc(F)cc3)CC2C=O)cc1. The number of nitrogens with zero attached hydrogens (tertiary/aromatic N) is 1. The highest BCUT2D eigenvalue weighted by Gasteiger charge is 2.35. The van der Waals surface area contributed by atoms with Gasteiger partial charge in [0.2, 0.25) is 0 Å². The Balaban J connectivity index is 1.76. The summed E-state index contributed by atoms with van der Waals surface area (Å²) in [6, 6.07) is 13.9. The van der Waals surface area contributed by atoms with Crippen LogP contribution in [-0.4, -0.2) is 42.6 Å². The number of methoxy groups -OCH3 is 1. The molecule has 0 radical (unpaired) electrons. The van der Waals surface area contributed by atoms with Crippen LogP contribution < -0.4 is 4.74 Å². The van der Waals surface area contributed by atoms with Gasteiger partial charge in [-0.15, -0.1) is 0 Å². The normalized spacial score (nSPS) is 23.6. The van der Waals surface area contributed by atoms with Gasteiger partial charge < -0.3 is 14.6 Å². The van der Waals surface area contributed by atoms with Crippen LogP contribution in [0.25, 0.3) is 0 Å². The molecule has 0 aliphatic carbocycles. The van der Waals surface area contributed by atoms with E-state index in [9.17, 15) is 14.3 Å². The van der Waals surface area contributed by atoms with Crippen LogP contribution in [0.2, 0.25) is 0 Å². The molecule has 1 aliphatic rings. The van der Waals surface area contributed by atoms with Crippen molar-refractivity contribution >= 4 is 6.29 Å². The van der Waals surface area contributed by atoms with Crippen LogP contribution in [0, 0.1) is 11.7 Å². The highest BCUT2D eigenvalue weighted by Crippen LogP contribution is 2.36. The first-order valence-corrected chi connectivity index (χ1v) is 8.83. The molecule has 1 heterocycles. The van der Waals surface area contributed by atoms with Crippen molar-refractivity contribution in [1.29, 1.82) is 0 Å². The second-order valence-electron chi connectivity index (χ2n) is 6.82. The van der Waals surface area contributed by atoms with Gasteiger partial charge in [-0.2, -0.15) is 0 Å². The van der Waals surface area contributed by atoms with Gasteiger partial charge in [0.15, 0.2) is 0 Å². The quantitative estimate of drug-likeness (QED) is 0.808. The summed E-state index contributed by atoms with van der Waals surface area (Å²) in [5, 5.41) is 9.88. The summed E-state index contributed by atoms with van der Waals surface area (Å²) in [5.41, 5.74) is 2.07. The monoisotopic (exact) mass is 357 g/mol. The standard InChI is InChI=1S/C21H24FNO3/c1-26-20-8-2-15(3-9-20)11-23-12-17(13-24)21(10-19(23)14-25)16-4-6-18(22)7-5-16/h2-9,14,17,19,21,24H,10-13H2,1H3. The summed E-state index contributed by atoms with van der Waals surface area (Å²) >= 11 is 0. The Morgan fingerprint density at radius 3 is 2.46 bits per heavy atom. The molecular formula is C21H24FNO3. The molecule has 1 N–H and O–H groups in total. The van der Waals surface area contributed by atoms with Crippen LogP contribution in [0.4, 0.5) is 4.39 Å². The molecule has 2 aromatic rings. The first-order chi connectivity index (χ1) is 12.6. The number of aldehydes is 1. The number of hydrogen-bond acceptors (Lipinski definition) is 4. The number of ether oxygens (including phenoxy) is 1. The van der Waals surface area contributed by atoms with Crippen LogP contribution in [0.3, 0.4) is 0 Å². The van der Waals surface area contributed by atoms with Crippen LogP contribution in [0.1, 0.15) is 23.5 Å². The largest absolute Gasteiger partial charge is 0.497 e. The lowest BCUT2D eigenvalue weighted by molar-refractivity contribution is -0.115. The highest BCUT2D eigenvalue weighted by molar-refractivity contribution is 5.58. The van der Waals surface area contributed by atoms with Crippen molar-refractivity contribution in [3.63, 3.8) is 0 Å². The van der Waals surface area contributed by atoms with Crippen molar-refractivity contribution in [2.45, 2.75) is 24.9 Å². The van der Waals surface area contributed by atoms with Crippen LogP contribution >= 0.6 is 0 Å². The molecule has 0 bridgehead atoms. The first kappa shape index (κ1) is 18.5. The maximum absolute atomic E-state index is 13.2. The Hall–Kier alpha value is -2.24. The van der Waals surface area contributed by atoms with Gasteiger partial charge in [0.25, 0.3) is 0 Å². The van der Waals surface area contributed by atoms with E-state index in [1.165, 1.54) is 12.1 Å². The van der Waals surface area contributed by atoms with E-state index in [0.29, 0.717) is 19.5 Å². The highest BCUT2D eigenvalue weighted by atomic mass is 19.1. The zero-order valence-corrected chi connectivity index (χ0v) is 14.8. The number of aliphatic hydroxyl groups excluding tert-OH is 1. The number of likely N-dealkylation sites (tertiary alicyclic amines) is 1. The van der Waals surface area contributed by atoms with Gasteiger partial charge in [0.1, 0.15) is 17.9 Å². The minimum atomic E-state index is -0.279. The fourth-order valence-corrected chi connectivity index (χ4v) is 3.76. The van der Waals surface area contributed by atoms with E-state index in [1.54, 1.807) is 19.2 Å². The van der Waals surface area contributed by atoms with E-state index < -0.39 is 0 Å². The third-order valence-corrected chi connectivity index (χ3v) is 5.24. The third kappa shape index (κ3) is 4.11. The summed E-state index contributed by atoms with van der Waals surface area (Å²) < 4.78 is 18.4. The summed E-state index contributed by atoms with van der Waals surface area (Å²) in [4.78, 5) is 13.8. The molecule has 3 atom stereocenters. The van der Waals surface area contributed by atoms with Gasteiger partial charge in [-0.05, 0) is 47.7 Å². The van der Waals surface area contributed by atoms with E-state index >= 15 is 0 Å². The number of halogens is 1. The molecule has 0 spiro atoms. The Labute approximate surface area is 153 Å². The maximum Gasteiger partial charge on any atom is 0.137 e. The molecule has 2 aromatic carbocycles. The number of hydrogen-bond donors (Lipinski definition) is 1. The van der Waals surface area contributed by atoms with E-state index in [-0.39, 0.29) is 30.3 Å². The van der Waals surface area contributed by atoms with Crippen LogP contribution in [0.15, 0.2) is 48.5 Å². The van der Waals surface area contributed by atoms with Crippen molar-refractivity contribution < 1.29 is 19.0 Å². The second kappa shape index (κ2) is 8.43. The van der Waals surface area contributed by atoms with Crippen molar-refractivity contribution in [3.8, 4) is 5.75 Å². The fraction of sp³-hybridized carbons (Fsp3) is 0.381. The van der Waals surface area contributed by atoms with Crippen molar-refractivity contribution in [3.05, 3.63) is 65.5 Å². The minimum absolute atomic E-state index is 0.00918. The Kier molecular flexibility index (Phi) is 6.01. The summed E-state index contributed by atoms with van der Waals surface area (Å²) in [5.74, 6) is 0.569. The molecular weight excluding hydrogens is 333 g/mol. The van der Waals surface area contributed by atoms with E-state index in [2.05, 4.69) is 4.90 Å². The number of piperidine rings is 1. The zero-order chi connectivity index (χ0) is 18.5. The Morgan fingerprint density at radius 2 is 1.88 bits per heavy atom. The Morgan fingerprint density at radius 1 is 1.19 bits per heavy atom. The fourth-order valence-electron chi connectivity index (χ4n) is 3.76. The number of aliphatic hydroxyl groups is 1. The summed E-state index contributed by atoms with van der Waals surface area (Å²) in [6.45, 7) is 1.29. The van der Waals surface area contributed by atoms with Crippen molar-refractivity contribution in [1.82, 2.24) is 4.90 Å². The first-order valence-electron chi connectivity index (χ1n) is 8.83. The molecule has 5 heteroatoms. The number of benzene rings is 2. The molecule has 3 rings (SSSR count). The predicted molar refractivity (Wildman–Crippen MR) is 97.6 cm³/mol. The van der Waals surface area contributed by atoms with E-state index in [4.69, 9.17) is 4.74 Å². The van der Waals surface area contributed by atoms with Crippen LogP contribution in [-0.2, 0) is 11.3 Å². The average Bonchev–Trinajstić information content (AvgIpc) is 2.69. The molecule has 138 valence electrons. The molecule has 1 saturated heterocycles. The molecule has 3 unspecified atom stereocenters. The van der Waals surface area contributed by atoms with E-state index in [1.807, 2.05) is 24.3 Å². The lowest BCUT2D eigenvalue weighted by Gasteiger charge is -2.42. The lowest BCUT2D eigenvalue weighted by Crippen LogP contribution is -2.47. The van der Waals surface area contributed by atoms with Gasteiger partial charge in [-0.1, -0.05) is 24.3 Å². The molecule has 1 fully saturated rings. The third-order valence-electron chi connectivity index (χ3n) is 5.24. The van der Waals surface area contributed by atoms with Gasteiger partial charge in [0.05, 0.1) is 13.2 Å². The predicted octanol–water partition coefficient (Wildman–Crippen LogP) is 3.00. The number of carbonyl (C=O) groups excluding carboxylic acids is 1. The number of carbonyl (C=O) groups is 1. The second-order valence-corrected chi connectivity index (χ2v) is 6.82. The van der Waals surface area contributed by atoms with Gasteiger partial charge >= 0.3 is 0 Å². The summed E-state index contributed by atoms with van der Waals surface area (Å²) in [7, 11) is 1.63. The average molecular weight is 357 g/mol. The van der Waals surface area contributed by atoms with Gasteiger partial charge in [-0.3, -0.25) is 4.90 Å². The molecule has 1 aliphatic heterocycles. The van der Waals surface area contributed by atoms with Crippen LogP contribution in [0.5, 0.6) is 5.75 Å². The Bertz CT molecular complexity index is 717. The van der Waals surface area contributed by atoms with Crippen molar-refractivity contribution in [2.24, 2.45) is 5.92 Å². The van der Waals surface area contributed by atoms with E-state index in [0.717, 1.165) is 23.2 Å². The zero-order valence-electron chi connectivity index (χ0n) is 14.8. The topological polar surface area (TPSA) is 49.8 Å². The maximum atomic E-state index is 13.2. The molecule has 4 nitrogen and oxygen atoms in total. The molecule has 0 aromatic heterocycles. The number of rotatable bonds is 6. The lowest BCUT2D eigenvalue weighted by atomic mass is 9.78. The van der Waals surface area contributed by atoms with Gasteiger partial charge in [-0.25, -0.2) is 4.39 Å². The van der Waals surface area contributed by atoms with Gasteiger partial charge in [0, 0.05) is 25.6 Å². The molecule has 0 saturated carbocycles. The molecule has 26 heavy (non-hydrogen) atoms.